The van der Waals surface area contributed by atoms with Gasteiger partial charge in [0.25, 0.3) is 10.0 Å². The summed E-state index contributed by atoms with van der Waals surface area (Å²) < 4.78 is 28.1. The fourth-order valence-electron chi connectivity index (χ4n) is 3.14. The monoisotopic (exact) mass is 254 g/mol. The number of nitrogens with zero attached hydrogens (tertiary/aromatic N) is 2. The molecule has 1 saturated heterocycles. The molecule has 0 amide bonds. The number of aromatic nitrogens is 1. The molecule has 1 aromatic rings. The third kappa shape index (κ3) is 1.42. The van der Waals surface area contributed by atoms with Crippen LogP contribution < -0.4 is 0 Å². The summed E-state index contributed by atoms with van der Waals surface area (Å²) in [7, 11) is -1.51. The lowest BCUT2D eigenvalue weighted by atomic mass is 10.1. The van der Waals surface area contributed by atoms with E-state index in [0.717, 1.165) is 0 Å². The molecule has 1 aromatic heterocycles. The molecule has 0 aromatic carbocycles. The molecule has 2 atom stereocenters. The lowest BCUT2D eigenvalue weighted by Crippen LogP contribution is -2.33. The van der Waals surface area contributed by atoms with Crippen LogP contribution >= 0.6 is 0 Å². The highest BCUT2D eigenvalue weighted by Crippen LogP contribution is 2.62. The predicted molar refractivity (Wildman–Crippen MR) is 64.9 cm³/mol. The third-order valence-electron chi connectivity index (χ3n) is 4.59. The zero-order valence-electron chi connectivity index (χ0n) is 10.4. The van der Waals surface area contributed by atoms with Crippen molar-refractivity contribution in [2.75, 3.05) is 13.1 Å². The fourth-order valence-corrected chi connectivity index (χ4v) is 4.79. The molecule has 17 heavy (non-hydrogen) atoms. The Morgan fingerprint density at radius 3 is 2.35 bits per heavy atom. The molecule has 2 fully saturated rings. The summed E-state index contributed by atoms with van der Waals surface area (Å²) in [6.45, 7) is 5.83. The van der Waals surface area contributed by atoms with Crippen molar-refractivity contribution in [1.29, 1.82) is 0 Å². The minimum Gasteiger partial charge on any atom is -0.341 e. The molecule has 94 valence electrons. The molecule has 0 spiro atoms. The molecular formula is C12H18N2O2S. The van der Waals surface area contributed by atoms with Crippen molar-refractivity contribution in [1.82, 2.24) is 8.87 Å². The van der Waals surface area contributed by atoms with Crippen LogP contribution in [0.2, 0.25) is 0 Å². The molecule has 5 heteroatoms. The Bertz CT molecular complexity index is 545. The zero-order chi connectivity index (χ0) is 12.4. The van der Waals surface area contributed by atoms with Crippen molar-refractivity contribution in [3.8, 4) is 0 Å². The molecular weight excluding hydrogens is 236 g/mol. The van der Waals surface area contributed by atoms with E-state index in [-0.39, 0.29) is 0 Å². The Balaban J connectivity index is 1.86. The van der Waals surface area contributed by atoms with Gasteiger partial charge in [-0.25, -0.2) is 8.42 Å². The first kappa shape index (κ1) is 11.3. The third-order valence-corrected chi connectivity index (χ3v) is 6.52. The number of aryl methyl sites for hydroxylation is 1. The topological polar surface area (TPSA) is 42.3 Å². The van der Waals surface area contributed by atoms with Gasteiger partial charge < -0.3 is 4.57 Å². The molecule has 2 aliphatic rings. The number of fused-ring (bicyclic) bond motifs is 1. The maximum Gasteiger partial charge on any atom is 0.258 e. The van der Waals surface area contributed by atoms with Crippen molar-refractivity contribution in [3.05, 3.63) is 18.3 Å². The highest BCUT2D eigenvalue weighted by molar-refractivity contribution is 7.89. The van der Waals surface area contributed by atoms with Crippen LogP contribution in [0.25, 0.3) is 0 Å². The van der Waals surface area contributed by atoms with Gasteiger partial charge in [-0.05, 0) is 29.4 Å². The number of hydrogen-bond acceptors (Lipinski definition) is 2. The number of sulfonamides is 1. The first-order chi connectivity index (χ1) is 7.85. The summed E-state index contributed by atoms with van der Waals surface area (Å²) >= 11 is 0. The fraction of sp³-hybridized carbons (Fsp3) is 0.667. The highest BCUT2D eigenvalue weighted by Gasteiger charge is 2.63. The van der Waals surface area contributed by atoms with Crippen molar-refractivity contribution < 1.29 is 8.42 Å². The highest BCUT2D eigenvalue weighted by atomic mass is 32.2. The number of piperidine rings is 1. The normalized spacial score (nSPS) is 31.5. The second-order valence-corrected chi connectivity index (χ2v) is 7.70. The van der Waals surface area contributed by atoms with E-state index in [4.69, 9.17) is 0 Å². The van der Waals surface area contributed by atoms with E-state index in [9.17, 15) is 8.42 Å². The number of rotatable bonds is 2. The Morgan fingerprint density at radius 1 is 1.29 bits per heavy atom. The quantitative estimate of drug-likeness (QED) is 0.798. The Labute approximate surface area is 102 Å². The van der Waals surface area contributed by atoms with Crippen LogP contribution in [0.4, 0.5) is 0 Å². The van der Waals surface area contributed by atoms with Crippen LogP contribution in [0.15, 0.2) is 23.4 Å². The number of hydrogen-bond donors (Lipinski definition) is 0. The Hall–Kier alpha value is -0.810. The van der Waals surface area contributed by atoms with Gasteiger partial charge in [-0.2, -0.15) is 4.31 Å². The predicted octanol–water partition coefficient (Wildman–Crippen LogP) is 1.30. The van der Waals surface area contributed by atoms with Gasteiger partial charge in [0.05, 0.1) is 0 Å². The summed E-state index contributed by atoms with van der Waals surface area (Å²) in [5.41, 5.74) is 0.347. The maximum atomic E-state index is 12.4. The lowest BCUT2D eigenvalue weighted by molar-refractivity contribution is 0.362. The van der Waals surface area contributed by atoms with Crippen LogP contribution in [0.5, 0.6) is 0 Å². The van der Waals surface area contributed by atoms with Crippen molar-refractivity contribution in [3.63, 3.8) is 0 Å². The van der Waals surface area contributed by atoms with Crippen LogP contribution in [-0.2, 0) is 17.1 Å². The summed E-state index contributed by atoms with van der Waals surface area (Å²) in [5, 5.41) is 0.400. The molecule has 0 N–H and O–H groups in total. The SMILES string of the molecule is Cn1cccc1S(=O)(=O)N1CC2C(C1)C2(C)C. The van der Waals surface area contributed by atoms with Gasteiger partial charge in [0.2, 0.25) is 0 Å². The van der Waals surface area contributed by atoms with Crippen LogP contribution in [0.1, 0.15) is 13.8 Å². The van der Waals surface area contributed by atoms with Gasteiger partial charge in [0, 0.05) is 26.3 Å². The van der Waals surface area contributed by atoms with E-state index in [2.05, 4.69) is 13.8 Å². The summed E-state index contributed by atoms with van der Waals surface area (Å²) in [6.07, 6.45) is 1.77. The van der Waals surface area contributed by atoms with Gasteiger partial charge in [-0.1, -0.05) is 13.8 Å². The molecule has 1 aliphatic carbocycles. The standard InChI is InChI=1S/C12H18N2O2S/c1-12(2)9-7-14(8-10(9)12)17(15,16)11-5-4-6-13(11)3/h4-6,9-10H,7-8H2,1-3H3. The maximum absolute atomic E-state index is 12.4. The lowest BCUT2D eigenvalue weighted by Gasteiger charge is -2.21. The van der Waals surface area contributed by atoms with E-state index in [1.54, 1.807) is 34.2 Å². The minimum absolute atomic E-state index is 0.347. The van der Waals surface area contributed by atoms with E-state index < -0.39 is 10.0 Å². The summed E-state index contributed by atoms with van der Waals surface area (Å²) in [6, 6.07) is 3.44. The first-order valence-electron chi connectivity index (χ1n) is 5.96. The average Bonchev–Trinajstić information content (AvgIpc) is 2.70. The van der Waals surface area contributed by atoms with Gasteiger partial charge in [0.1, 0.15) is 5.03 Å². The van der Waals surface area contributed by atoms with Crippen LogP contribution in [-0.4, -0.2) is 30.4 Å². The second-order valence-electron chi connectivity index (χ2n) is 5.81. The van der Waals surface area contributed by atoms with E-state index in [0.29, 0.717) is 35.4 Å². The Kier molecular flexibility index (Phi) is 2.09. The van der Waals surface area contributed by atoms with Crippen molar-refractivity contribution >= 4 is 10.0 Å². The molecule has 4 nitrogen and oxygen atoms in total. The van der Waals surface area contributed by atoms with Gasteiger partial charge in [0.15, 0.2) is 0 Å². The molecule has 0 radical (unpaired) electrons. The molecule has 2 unspecified atom stereocenters. The smallest absolute Gasteiger partial charge is 0.258 e. The van der Waals surface area contributed by atoms with Crippen LogP contribution in [0.3, 0.4) is 0 Å². The molecule has 1 saturated carbocycles. The van der Waals surface area contributed by atoms with Crippen molar-refractivity contribution in [2.45, 2.75) is 18.9 Å². The van der Waals surface area contributed by atoms with Gasteiger partial charge in [-0.3, -0.25) is 0 Å². The average molecular weight is 254 g/mol. The van der Waals surface area contributed by atoms with Crippen LogP contribution in [0, 0.1) is 17.3 Å². The van der Waals surface area contributed by atoms with Gasteiger partial charge >= 0.3 is 0 Å². The van der Waals surface area contributed by atoms with Gasteiger partial charge in [-0.15, -0.1) is 0 Å². The summed E-state index contributed by atoms with van der Waals surface area (Å²) in [5.74, 6) is 1.11. The minimum atomic E-state index is -3.28. The molecule has 1 aliphatic heterocycles. The first-order valence-corrected chi connectivity index (χ1v) is 7.40. The largest absolute Gasteiger partial charge is 0.341 e. The van der Waals surface area contributed by atoms with E-state index >= 15 is 0 Å². The molecule has 0 bridgehead atoms. The second kappa shape index (κ2) is 3.14. The summed E-state index contributed by atoms with van der Waals surface area (Å²) in [4.78, 5) is 0. The Morgan fingerprint density at radius 2 is 1.88 bits per heavy atom. The van der Waals surface area contributed by atoms with E-state index in [1.165, 1.54) is 0 Å². The van der Waals surface area contributed by atoms with E-state index in [1.807, 2.05) is 0 Å². The van der Waals surface area contributed by atoms with Crippen molar-refractivity contribution in [2.24, 2.45) is 24.3 Å². The zero-order valence-corrected chi connectivity index (χ0v) is 11.2. The molecule has 3 rings (SSSR count). The molecule has 2 heterocycles.